The van der Waals surface area contributed by atoms with Crippen molar-refractivity contribution in [1.29, 1.82) is 0 Å². The van der Waals surface area contributed by atoms with E-state index >= 15 is 0 Å². The smallest absolute Gasteiger partial charge is 0.395 e. The lowest BCUT2D eigenvalue weighted by atomic mass is 10.2. The molecule has 2 heterocycles. The molecule has 0 saturated carbocycles. The number of hydrogen-bond acceptors (Lipinski definition) is 6. The standard InChI is InChI=1S/C18H15F2NO5S2/c19-18(20)25-14-6-5-11(9-15(14)26-18)21-17(22)13-3-1-2-4-16(13)27-12-7-8-28(23,24)10-12/h1-6,9,12H,7-8,10H2,(H,21,22)/t12-/m1/s1. The van der Waals surface area contributed by atoms with Gasteiger partial charge in [0, 0.05) is 21.9 Å². The lowest BCUT2D eigenvalue weighted by molar-refractivity contribution is -0.286. The summed E-state index contributed by atoms with van der Waals surface area (Å²) in [5, 5.41) is 2.54. The lowest BCUT2D eigenvalue weighted by Crippen LogP contribution is -2.25. The molecule has 6 nitrogen and oxygen atoms in total. The second-order valence-corrected chi connectivity index (χ2v) is 9.99. The highest BCUT2D eigenvalue weighted by Gasteiger charge is 2.43. The number of benzene rings is 2. The van der Waals surface area contributed by atoms with Gasteiger partial charge in [-0.3, -0.25) is 4.79 Å². The number of halogens is 2. The van der Waals surface area contributed by atoms with Crippen molar-refractivity contribution in [2.24, 2.45) is 0 Å². The van der Waals surface area contributed by atoms with Crippen LogP contribution in [0.15, 0.2) is 47.4 Å². The molecule has 148 valence electrons. The maximum Gasteiger partial charge on any atom is 0.586 e. The molecule has 4 rings (SSSR count). The number of carbonyl (C=O) groups is 1. The van der Waals surface area contributed by atoms with E-state index < -0.39 is 22.0 Å². The average molecular weight is 427 g/mol. The second-order valence-electron chi connectivity index (χ2n) is 6.42. The van der Waals surface area contributed by atoms with Gasteiger partial charge in [0.1, 0.15) is 0 Å². The Kier molecular flexibility index (Phi) is 4.70. The Balaban J connectivity index is 1.50. The number of ether oxygens (including phenoxy) is 2. The number of alkyl halides is 2. The van der Waals surface area contributed by atoms with Gasteiger partial charge in [0.05, 0.1) is 17.1 Å². The summed E-state index contributed by atoms with van der Waals surface area (Å²) in [5.41, 5.74) is 0.646. The molecule has 2 aliphatic rings. The largest absolute Gasteiger partial charge is 0.586 e. The Hall–Kier alpha value is -2.33. The number of carbonyl (C=O) groups excluding carboxylic acids is 1. The van der Waals surface area contributed by atoms with Crippen molar-refractivity contribution in [2.75, 3.05) is 16.8 Å². The number of thioether (sulfide) groups is 1. The van der Waals surface area contributed by atoms with Gasteiger partial charge in [-0.1, -0.05) is 12.1 Å². The Morgan fingerprint density at radius 1 is 1.14 bits per heavy atom. The van der Waals surface area contributed by atoms with Crippen LogP contribution in [0.1, 0.15) is 16.8 Å². The summed E-state index contributed by atoms with van der Waals surface area (Å²) in [7, 11) is -3.02. The fraction of sp³-hybridized carbons (Fsp3) is 0.278. The molecule has 2 aromatic carbocycles. The molecular weight excluding hydrogens is 412 g/mol. The Labute approximate surface area is 164 Å². The van der Waals surface area contributed by atoms with Crippen molar-refractivity contribution in [3.8, 4) is 11.5 Å². The van der Waals surface area contributed by atoms with Crippen LogP contribution in [0, 0.1) is 0 Å². The van der Waals surface area contributed by atoms with Crippen LogP contribution in [0.5, 0.6) is 11.5 Å². The molecule has 0 aromatic heterocycles. The second kappa shape index (κ2) is 6.93. The number of anilines is 1. The quantitative estimate of drug-likeness (QED) is 0.804. The van der Waals surface area contributed by atoms with Crippen molar-refractivity contribution in [3.05, 3.63) is 48.0 Å². The van der Waals surface area contributed by atoms with E-state index in [9.17, 15) is 22.0 Å². The number of rotatable bonds is 4. The van der Waals surface area contributed by atoms with Gasteiger partial charge < -0.3 is 14.8 Å². The average Bonchev–Trinajstić information content (AvgIpc) is 3.11. The fourth-order valence-electron chi connectivity index (χ4n) is 3.02. The summed E-state index contributed by atoms with van der Waals surface area (Å²) in [6, 6.07) is 10.8. The van der Waals surface area contributed by atoms with Crippen LogP contribution in [-0.2, 0) is 9.84 Å². The van der Waals surface area contributed by atoms with Crippen LogP contribution in [0.25, 0.3) is 0 Å². The molecule has 1 atom stereocenters. The molecule has 0 aliphatic carbocycles. The number of nitrogens with one attached hydrogen (secondary N) is 1. The van der Waals surface area contributed by atoms with E-state index in [2.05, 4.69) is 14.8 Å². The topological polar surface area (TPSA) is 81.7 Å². The zero-order valence-electron chi connectivity index (χ0n) is 14.4. The minimum Gasteiger partial charge on any atom is -0.395 e. The van der Waals surface area contributed by atoms with Crippen LogP contribution < -0.4 is 14.8 Å². The molecule has 2 aromatic rings. The van der Waals surface area contributed by atoms with Crippen LogP contribution >= 0.6 is 11.8 Å². The Morgan fingerprint density at radius 3 is 2.64 bits per heavy atom. The van der Waals surface area contributed by atoms with E-state index in [0.29, 0.717) is 16.9 Å². The Morgan fingerprint density at radius 2 is 1.89 bits per heavy atom. The van der Waals surface area contributed by atoms with Crippen molar-refractivity contribution < 1.29 is 31.5 Å². The number of sulfone groups is 1. The summed E-state index contributed by atoms with van der Waals surface area (Å²) in [6.07, 6.45) is -3.19. The number of amides is 1. The summed E-state index contributed by atoms with van der Waals surface area (Å²) in [4.78, 5) is 13.4. The van der Waals surface area contributed by atoms with Gasteiger partial charge in [-0.15, -0.1) is 20.5 Å². The van der Waals surface area contributed by atoms with E-state index in [1.165, 1.54) is 30.0 Å². The third-order valence-corrected chi connectivity index (χ3v) is 7.60. The summed E-state index contributed by atoms with van der Waals surface area (Å²) >= 11 is 1.35. The van der Waals surface area contributed by atoms with Gasteiger partial charge in [-0.05, 0) is 30.7 Å². The lowest BCUT2D eigenvalue weighted by Gasteiger charge is -2.13. The molecule has 0 spiro atoms. The summed E-state index contributed by atoms with van der Waals surface area (Å²) in [6.45, 7) is 0. The fourth-order valence-corrected chi connectivity index (χ4v) is 6.64. The van der Waals surface area contributed by atoms with Gasteiger partial charge in [0.25, 0.3) is 5.91 Å². The van der Waals surface area contributed by atoms with Crippen molar-refractivity contribution in [1.82, 2.24) is 0 Å². The monoisotopic (exact) mass is 427 g/mol. The zero-order valence-corrected chi connectivity index (χ0v) is 16.0. The maximum absolute atomic E-state index is 13.1. The van der Waals surface area contributed by atoms with E-state index in [4.69, 9.17) is 0 Å². The van der Waals surface area contributed by atoms with Gasteiger partial charge >= 0.3 is 6.29 Å². The SMILES string of the molecule is O=C(Nc1ccc2c(c1)OC(F)(F)O2)c1ccccc1S[C@@H]1CCS(=O)(=O)C1. The highest BCUT2D eigenvalue weighted by Crippen LogP contribution is 2.42. The molecule has 1 N–H and O–H groups in total. The van der Waals surface area contributed by atoms with Gasteiger partial charge in [-0.25, -0.2) is 8.42 Å². The molecule has 0 unspecified atom stereocenters. The third-order valence-electron chi connectivity index (χ3n) is 4.28. The van der Waals surface area contributed by atoms with Crippen LogP contribution in [-0.4, -0.2) is 37.4 Å². The van der Waals surface area contributed by atoms with Crippen molar-refractivity contribution >= 4 is 33.2 Å². The van der Waals surface area contributed by atoms with Crippen LogP contribution in [0.4, 0.5) is 14.5 Å². The zero-order chi connectivity index (χ0) is 19.9. The Bertz CT molecular complexity index is 1040. The molecule has 0 bridgehead atoms. The van der Waals surface area contributed by atoms with Crippen LogP contribution in [0.3, 0.4) is 0 Å². The third kappa shape index (κ3) is 4.07. The molecule has 0 radical (unpaired) electrons. The van der Waals surface area contributed by atoms with Gasteiger partial charge in [-0.2, -0.15) is 0 Å². The summed E-state index contributed by atoms with van der Waals surface area (Å²) < 4.78 is 58.3. The molecular formula is C18H15F2NO5S2. The van der Waals surface area contributed by atoms with Crippen molar-refractivity contribution in [3.63, 3.8) is 0 Å². The minimum atomic E-state index is -3.73. The van der Waals surface area contributed by atoms with Gasteiger partial charge in [0.15, 0.2) is 21.3 Å². The molecule has 28 heavy (non-hydrogen) atoms. The predicted octanol–water partition coefficient (Wildman–Crippen LogP) is 3.54. The maximum atomic E-state index is 13.1. The van der Waals surface area contributed by atoms with Crippen LogP contribution in [0.2, 0.25) is 0 Å². The first kappa shape index (κ1) is 19.0. The van der Waals surface area contributed by atoms with E-state index in [0.717, 1.165) is 0 Å². The molecule has 1 amide bonds. The highest BCUT2D eigenvalue weighted by atomic mass is 32.2. The normalized spacial score (nSPS) is 21.4. The van der Waals surface area contributed by atoms with Gasteiger partial charge in [0.2, 0.25) is 0 Å². The highest BCUT2D eigenvalue weighted by molar-refractivity contribution is 8.02. The molecule has 1 fully saturated rings. The van der Waals surface area contributed by atoms with E-state index in [1.807, 2.05) is 0 Å². The number of fused-ring (bicyclic) bond motifs is 1. The number of hydrogen-bond donors (Lipinski definition) is 1. The first-order valence-electron chi connectivity index (χ1n) is 8.38. The van der Waals surface area contributed by atoms with E-state index in [1.54, 1.807) is 24.3 Å². The minimum absolute atomic E-state index is 0.0873. The predicted molar refractivity (Wildman–Crippen MR) is 100.0 cm³/mol. The molecule has 1 saturated heterocycles. The molecule has 2 aliphatic heterocycles. The van der Waals surface area contributed by atoms with Crippen molar-refractivity contribution in [2.45, 2.75) is 22.9 Å². The summed E-state index contributed by atoms with van der Waals surface area (Å²) in [5.74, 6) is -0.470. The first-order chi connectivity index (χ1) is 13.2. The first-order valence-corrected chi connectivity index (χ1v) is 11.1. The van der Waals surface area contributed by atoms with E-state index in [-0.39, 0.29) is 33.9 Å². The molecule has 10 heteroatoms.